The van der Waals surface area contributed by atoms with Crippen LogP contribution in [0.5, 0.6) is 5.75 Å². The topological polar surface area (TPSA) is 102 Å². The highest BCUT2D eigenvalue weighted by Crippen LogP contribution is 2.28. The lowest BCUT2D eigenvalue weighted by atomic mass is 10.1. The molecule has 0 spiro atoms. The number of sulfonamides is 2. The second-order valence-electron chi connectivity index (χ2n) is 6.85. The fourth-order valence-corrected chi connectivity index (χ4v) is 5.31. The highest BCUT2D eigenvalue weighted by Gasteiger charge is 2.18. The van der Waals surface area contributed by atoms with E-state index in [2.05, 4.69) is 9.44 Å². The monoisotopic (exact) mass is 480 g/mol. The number of methoxy groups -OCH3 is 1. The first-order chi connectivity index (χ1) is 14.5. The van der Waals surface area contributed by atoms with Crippen LogP contribution in [0.15, 0.2) is 70.5 Å². The van der Waals surface area contributed by atoms with Gasteiger partial charge in [-0.05, 0) is 73.5 Å². The van der Waals surface area contributed by atoms with E-state index in [4.69, 9.17) is 16.3 Å². The first-order valence-electron chi connectivity index (χ1n) is 9.08. The molecule has 0 fully saturated rings. The van der Waals surface area contributed by atoms with Gasteiger partial charge < -0.3 is 4.74 Å². The lowest BCUT2D eigenvalue weighted by Crippen LogP contribution is -2.15. The molecular weight excluding hydrogens is 460 g/mol. The van der Waals surface area contributed by atoms with Crippen molar-refractivity contribution < 1.29 is 21.6 Å². The molecule has 0 unspecified atom stereocenters. The molecule has 164 valence electrons. The molecule has 2 N–H and O–H groups in total. The summed E-state index contributed by atoms with van der Waals surface area (Å²) in [5.41, 5.74) is 2.40. The largest absolute Gasteiger partial charge is 0.495 e. The zero-order chi connectivity index (χ0) is 22.8. The van der Waals surface area contributed by atoms with Crippen molar-refractivity contribution in [3.8, 4) is 5.75 Å². The highest BCUT2D eigenvalue weighted by atomic mass is 35.5. The number of rotatable bonds is 7. The summed E-state index contributed by atoms with van der Waals surface area (Å²) in [5, 5.41) is 0.157. The molecule has 3 aromatic carbocycles. The minimum Gasteiger partial charge on any atom is -0.495 e. The smallest absolute Gasteiger partial charge is 0.261 e. The Balaban J connectivity index is 1.81. The van der Waals surface area contributed by atoms with Gasteiger partial charge in [-0.1, -0.05) is 23.7 Å². The van der Waals surface area contributed by atoms with Gasteiger partial charge in [-0.2, -0.15) is 0 Å². The number of ether oxygens (including phenoxy) is 1. The van der Waals surface area contributed by atoms with E-state index in [9.17, 15) is 16.8 Å². The summed E-state index contributed by atoms with van der Waals surface area (Å²) in [4.78, 5) is -0.0459. The van der Waals surface area contributed by atoms with E-state index < -0.39 is 20.0 Å². The van der Waals surface area contributed by atoms with E-state index in [0.29, 0.717) is 11.4 Å². The first-order valence-corrected chi connectivity index (χ1v) is 12.4. The van der Waals surface area contributed by atoms with Crippen molar-refractivity contribution >= 4 is 43.0 Å². The highest BCUT2D eigenvalue weighted by molar-refractivity contribution is 7.93. The number of benzene rings is 3. The predicted molar refractivity (Wildman–Crippen MR) is 122 cm³/mol. The number of aryl methyl sites for hydroxylation is 2. The maximum atomic E-state index is 12.7. The van der Waals surface area contributed by atoms with Crippen LogP contribution in [0, 0.1) is 13.8 Å². The first kappa shape index (κ1) is 22.9. The van der Waals surface area contributed by atoms with Gasteiger partial charge in [0.05, 0.1) is 27.6 Å². The molecule has 0 saturated carbocycles. The number of halogens is 1. The van der Waals surface area contributed by atoms with Gasteiger partial charge in [-0.15, -0.1) is 0 Å². The maximum Gasteiger partial charge on any atom is 0.261 e. The Labute approximate surface area is 187 Å². The molecule has 0 saturated heterocycles. The second-order valence-corrected chi connectivity index (χ2v) is 10.6. The fraction of sp³-hybridized carbons (Fsp3) is 0.143. The van der Waals surface area contributed by atoms with Crippen LogP contribution < -0.4 is 14.2 Å². The van der Waals surface area contributed by atoms with E-state index in [1.165, 1.54) is 49.6 Å². The van der Waals surface area contributed by atoms with E-state index in [0.717, 1.165) is 11.1 Å². The Kier molecular flexibility index (Phi) is 6.49. The molecule has 31 heavy (non-hydrogen) atoms. The summed E-state index contributed by atoms with van der Waals surface area (Å²) < 4.78 is 60.6. The van der Waals surface area contributed by atoms with Gasteiger partial charge in [0.2, 0.25) is 0 Å². The second kappa shape index (κ2) is 8.78. The summed E-state index contributed by atoms with van der Waals surface area (Å²) in [6, 6.07) is 15.0. The summed E-state index contributed by atoms with van der Waals surface area (Å²) in [6.07, 6.45) is 0. The molecule has 10 heteroatoms. The maximum absolute atomic E-state index is 12.7. The molecule has 0 atom stereocenters. The Hall–Kier alpha value is -2.75. The Morgan fingerprint density at radius 3 is 2.00 bits per heavy atom. The van der Waals surface area contributed by atoms with Gasteiger partial charge in [-0.3, -0.25) is 9.44 Å². The van der Waals surface area contributed by atoms with E-state index in [1.54, 1.807) is 13.0 Å². The van der Waals surface area contributed by atoms with Crippen molar-refractivity contribution in [3.63, 3.8) is 0 Å². The lowest BCUT2D eigenvalue weighted by Gasteiger charge is -2.13. The third-order valence-corrected chi connectivity index (χ3v) is 7.54. The Morgan fingerprint density at radius 2 is 1.39 bits per heavy atom. The van der Waals surface area contributed by atoms with Crippen LogP contribution in [0.3, 0.4) is 0 Å². The summed E-state index contributed by atoms with van der Waals surface area (Å²) in [5.74, 6) is 0.353. The number of hydrogen-bond acceptors (Lipinski definition) is 5. The molecule has 3 rings (SSSR count). The minimum absolute atomic E-state index is 0.00356. The Bertz CT molecular complexity index is 1320. The molecule has 3 aromatic rings. The van der Waals surface area contributed by atoms with Crippen molar-refractivity contribution in [3.05, 3.63) is 76.8 Å². The molecule has 0 amide bonds. The molecule has 7 nitrogen and oxygen atoms in total. The fourth-order valence-electron chi connectivity index (χ4n) is 2.78. The van der Waals surface area contributed by atoms with Gasteiger partial charge in [0.1, 0.15) is 5.75 Å². The molecule has 0 aliphatic carbocycles. The van der Waals surface area contributed by atoms with E-state index in [1.807, 2.05) is 19.1 Å². The molecule has 0 heterocycles. The quantitative estimate of drug-likeness (QED) is 0.516. The summed E-state index contributed by atoms with van der Waals surface area (Å²) >= 11 is 6.01. The Morgan fingerprint density at radius 1 is 0.774 bits per heavy atom. The van der Waals surface area contributed by atoms with Gasteiger partial charge >= 0.3 is 0 Å². The molecule has 0 aromatic heterocycles. The van der Waals surface area contributed by atoms with Crippen molar-refractivity contribution in [2.75, 3.05) is 16.6 Å². The molecule has 0 bridgehead atoms. The minimum atomic E-state index is -3.92. The number of hydrogen-bond donors (Lipinski definition) is 2. The predicted octanol–water partition coefficient (Wildman–Crippen LogP) is 4.57. The van der Waals surface area contributed by atoms with Crippen LogP contribution in [0.4, 0.5) is 11.4 Å². The number of nitrogens with one attached hydrogen (secondary N) is 2. The van der Waals surface area contributed by atoms with Crippen LogP contribution in [-0.2, 0) is 20.0 Å². The van der Waals surface area contributed by atoms with Crippen LogP contribution >= 0.6 is 11.6 Å². The van der Waals surface area contributed by atoms with Crippen molar-refractivity contribution in [1.29, 1.82) is 0 Å². The SMILES string of the molecule is COc1ccc(S(=O)(=O)Nc2ccc(S(=O)(=O)Nc3cc(C)ccc3C)cc2)cc1Cl. The summed E-state index contributed by atoms with van der Waals surface area (Å²) in [7, 11) is -6.33. The molecule has 0 aliphatic rings. The van der Waals surface area contributed by atoms with Gasteiger partial charge in [-0.25, -0.2) is 16.8 Å². The molecular formula is C21H21ClN2O5S2. The van der Waals surface area contributed by atoms with Crippen molar-refractivity contribution in [1.82, 2.24) is 0 Å². The van der Waals surface area contributed by atoms with Gasteiger partial charge in [0.25, 0.3) is 20.0 Å². The van der Waals surface area contributed by atoms with Crippen molar-refractivity contribution in [2.45, 2.75) is 23.6 Å². The van der Waals surface area contributed by atoms with Crippen molar-refractivity contribution in [2.24, 2.45) is 0 Å². The average Bonchev–Trinajstić information content (AvgIpc) is 2.70. The van der Waals surface area contributed by atoms with E-state index >= 15 is 0 Å². The van der Waals surface area contributed by atoms with Crippen LogP contribution in [0.25, 0.3) is 0 Å². The standard InChI is InChI=1S/C21H21ClN2O5S2/c1-14-4-5-15(2)20(12-14)24-30(25,26)17-8-6-16(7-9-17)23-31(27,28)18-10-11-21(29-3)19(22)13-18/h4-13,23-24H,1-3H3. The molecule has 0 aliphatic heterocycles. The number of anilines is 2. The van der Waals surface area contributed by atoms with Gasteiger partial charge in [0, 0.05) is 5.69 Å². The van der Waals surface area contributed by atoms with E-state index in [-0.39, 0.29) is 20.5 Å². The molecule has 0 radical (unpaired) electrons. The van der Waals surface area contributed by atoms with Crippen LogP contribution in [-0.4, -0.2) is 23.9 Å². The van der Waals surface area contributed by atoms with Gasteiger partial charge in [0.15, 0.2) is 0 Å². The summed E-state index contributed by atoms with van der Waals surface area (Å²) in [6.45, 7) is 3.68. The van der Waals surface area contributed by atoms with Crippen LogP contribution in [0.2, 0.25) is 5.02 Å². The lowest BCUT2D eigenvalue weighted by molar-refractivity contribution is 0.414. The zero-order valence-corrected chi connectivity index (χ0v) is 19.4. The zero-order valence-electron chi connectivity index (χ0n) is 17.0. The normalized spacial score (nSPS) is 11.7. The average molecular weight is 481 g/mol. The third kappa shape index (κ3) is 5.30. The van der Waals surface area contributed by atoms with Crippen LogP contribution in [0.1, 0.15) is 11.1 Å². The third-order valence-electron chi connectivity index (χ3n) is 4.49.